The van der Waals surface area contributed by atoms with Crippen LogP contribution in [-0.2, 0) is 5.75 Å². The van der Waals surface area contributed by atoms with Gasteiger partial charge in [0.05, 0.1) is 12.8 Å². The molecule has 0 saturated carbocycles. The fourth-order valence-corrected chi connectivity index (χ4v) is 4.22. The molecule has 4 aromatic rings. The summed E-state index contributed by atoms with van der Waals surface area (Å²) in [5.74, 6) is 0.992. The molecule has 2 aromatic heterocycles. The monoisotopic (exact) mass is 469 g/mol. The molecule has 0 bridgehead atoms. The van der Waals surface area contributed by atoms with Crippen LogP contribution in [0.4, 0.5) is 0 Å². The van der Waals surface area contributed by atoms with Gasteiger partial charge in [-0.1, -0.05) is 47.1 Å². The van der Waals surface area contributed by atoms with Crippen LogP contribution in [0.15, 0.2) is 62.9 Å². The second-order valence-corrected chi connectivity index (χ2v) is 8.12. The molecule has 0 unspecified atom stereocenters. The number of nitrogens with zero attached hydrogens (tertiary/aromatic N) is 3. The van der Waals surface area contributed by atoms with E-state index in [0.29, 0.717) is 38.5 Å². The first-order chi connectivity index (χ1) is 15.0. The van der Waals surface area contributed by atoms with Crippen LogP contribution in [0, 0.1) is 11.3 Å². The lowest BCUT2D eigenvalue weighted by Gasteiger charge is -2.09. The number of ether oxygens (including phenoxy) is 1. The van der Waals surface area contributed by atoms with Gasteiger partial charge in [0.2, 0.25) is 0 Å². The molecule has 0 aliphatic heterocycles. The van der Waals surface area contributed by atoms with Gasteiger partial charge in [-0.15, -0.1) is 0 Å². The molecule has 0 aliphatic rings. The molecule has 2 heterocycles. The molecule has 0 aliphatic carbocycles. The molecular weight excluding hydrogens is 457 g/mol. The number of hydrogen-bond donors (Lipinski definition) is 0. The number of benzene rings is 2. The lowest BCUT2D eigenvalue weighted by Crippen LogP contribution is -2.01. The number of halogens is 2. The molecule has 0 N–H and O–H groups in total. The van der Waals surface area contributed by atoms with Gasteiger partial charge in [-0.05, 0) is 29.8 Å². The Morgan fingerprint density at radius 3 is 2.61 bits per heavy atom. The van der Waals surface area contributed by atoms with Gasteiger partial charge in [-0.2, -0.15) is 5.26 Å². The first kappa shape index (κ1) is 21.2. The van der Waals surface area contributed by atoms with Crippen molar-refractivity contribution in [1.29, 1.82) is 5.26 Å². The molecular formula is C22H13Cl2N3O3S. The summed E-state index contributed by atoms with van der Waals surface area (Å²) in [5.41, 5.74) is 2.04. The van der Waals surface area contributed by atoms with E-state index in [9.17, 15) is 10.1 Å². The summed E-state index contributed by atoms with van der Waals surface area (Å²) in [7, 11) is 1.54. The highest BCUT2D eigenvalue weighted by Gasteiger charge is 2.16. The number of methoxy groups -OCH3 is 1. The lowest BCUT2D eigenvalue weighted by molar-refractivity contribution is 0.414. The fraction of sp³-hybridized carbons (Fsp3) is 0.0909. The van der Waals surface area contributed by atoms with Crippen LogP contribution in [0.2, 0.25) is 10.2 Å². The zero-order valence-corrected chi connectivity index (χ0v) is 18.4. The summed E-state index contributed by atoms with van der Waals surface area (Å²) in [5, 5.41) is 11.3. The van der Waals surface area contributed by atoms with E-state index in [1.807, 2.05) is 6.07 Å². The van der Waals surface area contributed by atoms with Gasteiger partial charge in [0.15, 0.2) is 10.3 Å². The maximum absolute atomic E-state index is 12.0. The maximum atomic E-state index is 12.0. The van der Waals surface area contributed by atoms with E-state index in [-0.39, 0.29) is 10.7 Å². The Labute approximate surface area is 191 Å². The number of fused-ring (bicyclic) bond motifs is 1. The molecule has 0 atom stereocenters. The molecule has 154 valence electrons. The van der Waals surface area contributed by atoms with E-state index in [0.717, 1.165) is 10.9 Å². The van der Waals surface area contributed by atoms with Crippen molar-refractivity contribution < 1.29 is 9.15 Å². The molecule has 2 aromatic carbocycles. The predicted molar refractivity (Wildman–Crippen MR) is 121 cm³/mol. The summed E-state index contributed by atoms with van der Waals surface area (Å²) >= 11 is 13.5. The lowest BCUT2D eigenvalue weighted by atomic mass is 10.1. The SMILES string of the molecule is COc1ccc2c(CSc3nc(Cl)c(C#N)c(-c4ccc(Cl)cc4)n3)cc(=O)oc2c1. The number of rotatable bonds is 5. The Balaban J connectivity index is 1.70. The van der Waals surface area contributed by atoms with Gasteiger partial charge in [-0.3, -0.25) is 0 Å². The summed E-state index contributed by atoms with van der Waals surface area (Å²) in [4.78, 5) is 20.8. The number of nitriles is 1. The van der Waals surface area contributed by atoms with Crippen LogP contribution in [0.3, 0.4) is 0 Å². The van der Waals surface area contributed by atoms with Crippen molar-refractivity contribution in [2.75, 3.05) is 7.11 Å². The normalized spacial score (nSPS) is 10.8. The first-order valence-corrected chi connectivity index (χ1v) is 10.7. The number of thioether (sulfide) groups is 1. The van der Waals surface area contributed by atoms with Crippen molar-refractivity contribution in [2.24, 2.45) is 0 Å². The van der Waals surface area contributed by atoms with E-state index >= 15 is 0 Å². The standard InChI is InChI=1S/C22H13Cl2N3O3S/c1-29-15-6-7-16-13(8-19(28)30-18(16)9-15)11-31-22-26-20(17(10-25)21(24)27-22)12-2-4-14(23)5-3-12/h2-9H,11H2,1H3. The van der Waals surface area contributed by atoms with Crippen molar-refractivity contribution in [2.45, 2.75) is 10.9 Å². The third-order valence-corrected chi connectivity index (χ3v) is 5.89. The third-order valence-electron chi connectivity index (χ3n) is 4.47. The molecule has 31 heavy (non-hydrogen) atoms. The Morgan fingerprint density at radius 1 is 1.13 bits per heavy atom. The molecule has 0 saturated heterocycles. The smallest absolute Gasteiger partial charge is 0.336 e. The van der Waals surface area contributed by atoms with Crippen molar-refractivity contribution in [3.63, 3.8) is 0 Å². The van der Waals surface area contributed by atoms with Crippen molar-refractivity contribution in [1.82, 2.24) is 9.97 Å². The van der Waals surface area contributed by atoms with Gasteiger partial charge in [-0.25, -0.2) is 14.8 Å². The van der Waals surface area contributed by atoms with E-state index in [1.165, 1.54) is 17.8 Å². The summed E-state index contributed by atoms with van der Waals surface area (Å²) in [6, 6.07) is 15.7. The average molecular weight is 470 g/mol. The molecule has 0 amide bonds. The van der Waals surface area contributed by atoms with Crippen LogP contribution in [0.1, 0.15) is 11.1 Å². The molecule has 6 nitrogen and oxygen atoms in total. The molecule has 9 heteroatoms. The van der Waals surface area contributed by atoms with E-state index in [2.05, 4.69) is 16.0 Å². The number of aromatic nitrogens is 2. The van der Waals surface area contributed by atoms with Crippen LogP contribution in [0.25, 0.3) is 22.2 Å². The first-order valence-electron chi connectivity index (χ1n) is 8.95. The van der Waals surface area contributed by atoms with Crippen LogP contribution in [0.5, 0.6) is 5.75 Å². The molecule has 0 fully saturated rings. The van der Waals surface area contributed by atoms with E-state index in [1.54, 1.807) is 43.5 Å². The van der Waals surface area contributed by atoms with Gasteiger partial charge in [0, 0.05) is 33.9 Å². The summed E-state index contributed by atoms with van der Waals surface area (Å²) < 4.78 is 10.5. The minimum atomic E-state index is -0.461. The Bertz CT molecular complexity index is 1380. The highest BCUT2D eigenvalue weighted by molar-refractivity contribution is 7.98. The fourth-order valence-electron chi connectivity index (χ4n) is 2.99. The van der Waals surface area contributed by atoms with Crippen molar-refractivity contribution in [3.05, 3.63) is 80.3 Å². The average Bonchev–Trinajstić information content (AvgIpc) is 2.77. The van der Waals surface area contributed by atoms with E-state index in [4.69, 9.17) is 32.4 Å². The highest BCUT2D eigenvalue weighted by atomic mass is 35.5. The second-order valence-electron chi connectivity index (χ2n) is 6.38. The Morgan fingerprint density at radius 2 is 1.90 bits per heavy atom. The summed E-state index contributed by atoms with van der Waals surface area (Å²) in [6.07, 6.45) is 0. The predicted octanol–water partition coefficient (Wildman–Crippen LogP) is 5.73. The number of hydrogen-bond acceptors (Lipinski definition) is 7. The zero-order chi connectivity index (χ0) is 22.0. The van der Waals surface area contributed by atoms with Crippen LogP contribution in [-0.4, -0.2) is 17.1 Å². The minimum Gasteiger partial charge on any atom is -0.497 e. The Hall–Kier alpha value is -3.05. The molecule has 0 spiro atoms. The molecule has 4 rings (SSSR count). The summed E-state index contributed by atoms with van der Waals surface area (Å²) in [6.45, 7) is 0. The largest absolute Gasteiger partial charge is 0.497 e. The van der Waals surface area contributed by atoms with Gasteiger partial charge >= 0.3 is 5.63 Å². The van der Waals surface area contributed by atoms with Crippen LogP contribution >= 0.6 is 35.0 Å². The van der Waals surface area contributed by atoms with Gasteiger partial charge < -0.3 is 9.15 Å². The zero-order valence-electron chi connectivity index (χ0n) is 16.1. The molecule has 0 radical (unpaired) electrons. The van der Waals surface area contributed by atoms with Crippen LogP contribution < -0.4 is 10.4 Å². The third kappa shape index (κ3) is 4.52. The maximum Gasteiger partial charge on any atom is 0.336 e. The highest BCUT2D eigenvalue weighted by Crippen LogP contribution is 2.32. The minimum absolute atomic E-state index is 0.0621. The van der Waals surface area contributed by atoms with Crippen molar-refractivity contribution >= 4 is 45.9 Å². The second kappa shape index (κ2) is 8.98. The van der Waals surface area contributed by atoms with Gasteiger partial charge in [0.25, 0.3) is 0 Å². The Kier molecular flexibility index (Phi) is 6.14. The van der Waals surface area contributed by atoms with Gasteiger partial charge in [0.1, 0.15) is 23.0 Å². The van der Waals surface area contributed by atoms with Crippen molar-refractivity contribution in [3.8, 4) is 23.1 Å². The topological polar surface area (TPSA) is 89.0 Å². The quantitative estimate of drug-likeness (QED) is 0.159. The van der Waals surface area contributed by atoms with E-state index < -0.39 is 5.63 Å².